The maximum absolute atomic E-state index is 12.1. The molecule has 0 aliphatic heterocycles. The number of halogens is 3. The summed E-state index contributed by atoms with van der Waals surface area (Å²) in [7, 11) is 3.07. The van der Waals surface area contributed by atoms with Crippen molar-refractivity contribution < 1.29 is 22.6 Å². The smallest absolute Gasteiger partial charge is 0.389 e. The van der Waals surface area contributed by atoms with E-state index in [1.807, 2.05) is 6.07 Å². The first-order chi connectivity index (χ1) is 9.89. The molecule has 1 aromatic rings. The highest BCUT2D eigenvalue weighted by Gasteiger charge is 2.26. The third kappa shape index (κ3) is 6.22. The maximum Gasteiger partial charge on any atom is 0.389 e. The van der Waals surface area contributed by atoms with E-state index in [2.05, 4.69) is 5.43 Å². The molecule has 0 amide bonds. The highest BCUT2D eigenvalue weighted by molar-refractivity contribution is 5.43. The molecule has 120 valence electrons. The van der Waals surface area contributed by atoms with Gasteiger partial charge in [-0.25, -0.2) is 0 Å². The SMILES string of the molecule is COc1ccc(CC(CCCC(F)(F)F)NN)cc1OC. The lowest BCUT2D eigenvalue weighted by molar-refractivity contribution is -0.135. The van der Waals surface area contributed by atoms with E-state index in [1.54, 1.807) is 19.2 Å². The molecule has 0 aliphatic rings. The summed E-state index contributed by atoms with van der Waals surface area (Å²) in [5.41, 5.74) is 3.48. The number of methoxy groups -OCH3 is 2. The molecule has 0 radical (unpaired) electrons. The summed E-state index contributed by atoms with van der Waals surface area (Å²) in [6.07, 6.45) is -4.00. The average Bonchev–Trinajstić information content (AvgIpc) is 2.44. The van der Waals surface area contributed by atoms with Crippen LogP contribution in [0, 0.1) is 0 Å². The Hall–Kier alpha value is -1.47. The van der Waals surface area contributed by atoms with Crippen LogP contribution in [0.4, 0.5) is 13.2 Å². The third-order valence-corrected chi connectivity index (χ3v) is 3.18. The molecular weight excluding hydrogens is 285 g/mol. The van der Waals surface area contributed by atoms with E-state index in [-0.39, 0.29) is 12.5 Å². The number of hydrogen-bond donors (Lipinski definition) is 2. The number of hydrazine groups is 1. The number of benzene rings is 1. The van der Waals surface area contributed by atoms with Crippen molar-refractivity contribution in [3.8, 4) is 11.5 Å². The fourth-order valence-corrected chi connectivity index (χ4v) is 2.09. The highest BCUT2D eigenvalue weighted by atomic mass is 19.4. The molecule has 1 aromatic carbocycles. The number of nitrogens with one attached hydrogen (secondary N) is 1. The van der Waals surface area contributed by atoms with E-state index in [4.69, 9.17) is 15.3 Å². The molecule has 7 heteroatoms. The Morgan fingerprint density at radius 3 is 2.38 bits per heavy atom. The molecule has 0 saturated heterocycles. The quantitative estimate of drug-likeness (QED) is 0.573. The van der Waals surface area contributed by atoms with E-state index < -0.39 is 12.6 Å². The van der Waals surface area contributed by atoms with Gasteiger partial charge in [-0.2, -0.15) is 13.2 Å². The summed E-state index contributed by atoms with van der Waals surface area (Å²) < 4.78 is 46.7. The topological polar surface area (TPSA) is 56.5 Å². The van der Waals surface area contributed by atoms with Crippen LogP contribution in [0.5, 0.6) is 11.5 Å². The Bertz CT molecular complexity index is 439. The monoisotopic (exact) mass is 306 g/mol. The van der Waals surface area contributed by atoms with Gasteiger partial charge in [0, 0.05) is 12.5 Å². The summed E-state index contributed by atoms with van der Waals surface area (Å²) in [6.45, 7) is 0. The summed E-state index contributed by atoms with van der Waals surface area (Å²) in [5.74, 6) is 6.60. The molecule has 0 saturated carbocycles. The number of alkyl halides is 3. The molecule has 0 heterocycles. The van der Waals surface area contributed by atoms with Gasteiger partial charge in [-0.05, 0) is 37.0 Å². The Labute approximate surface area is 122 Å². The largest absolute Gasteiger partial charge is 0.493 e. The molecule has 0 aliphatic carbocycles. The first-order valence-corrected chi connectivity index (χ1v) is 6.63. The molecule has 0 spiro atoms. The Morgan fingerprint density at radius 2 is 1.86 bits per heavy atom. The Morgan fingerprint density at radius 1 is 1.19 bits per heavy atom. The molecule has 1 atom stereocenters. The second-order valence-electron chi connectivity index (χ2n) is 4.76. The Kier molecular flexibility index (Phi) is 6.77. The molecule has 4 nitrogen and oxygen atoms in total. The van der Waals surface area contributed by atoms with E-state index in [0.717, 1.165) is 5.56 Å². The third-order valence-electron chi connectivity index (χ3n) is 3.18. The van der Waals surface area contributed by atoms with Crippen molar-refractivity contribution in [1.29, 1.82) is 0 Å². The van der Waals surface area contributed by atoms with Crippen molar-refractivity contribution >= 4 is 0 Å². The normalized spacial score (nSPS) is 13.0. The first kappa shape index (κ1) is 17.6. The van der Waals surface area contributed by atoms with Gasteiger partial charge in [0.25, 0.3) is 0 Å². The molecule has 3 N–H and O–H groups in total. The van der Waals surface area contributed by atoms with Gasteiger partial charge in [0.2, 0.25) is 0 Å². The summed E-state index contributed by atoms with van der Waals surface area (Å²) in [4.78, 5) is 0. The number of hydrogen-bond acceptors (Lipinski definition) is 4. The molecule has 0 aromatic heterocycles. The zero-order valence-corrected chi connectivity index (χ0v) is 12.2. The number of rotatable bonds is 8. The summed E-state index contributed by atoms with van der Waals surface area (Å²) in [5, 5.41) is 0. The van der Waals surface area contributed by atoms with Crippen LogP contribution in [0.2, 0.25) is 0 Å². The van der Waals surface area contributed by atoms with Gasteiger partial charge >= 0.3 is 6.18 Å². The average molecular weight is 306 g/mol. The van der Waals surface area contributed by atoms with Crippen molar-refractivity contribution in [2.24, 2.45) is 5.84 Å². The van der Waals surface area contributed by atoms with E-state index >= 15 is 0 Å². The van der Waals surface area contributed by atoms with Crippen molar-refractivity contribution in [3.05, 3.63) is 23.8 Å². The minimum absolute atomic E-state index is 0.0473. The second kappa shape index (κ2) is 8.09. The predicted octanol–water partition coefficient (Wildman–Crippen LogP) is 2.81. The van der Waals surface area contributed by atoms with E-state index in [9.17, 15) is 13.2 Å². The van der Waals surface area contributed by atoms with Gasteiger partial charge in [0.1, 0.15) is 0 Å². The fourth-order valence-electron chi connectivity index (χ4n) is 2.09. The van der Waals surface area contributed by atoms with E-state index in [1.165, 1.54) is 7.11 Å². The standard InChI is InChI=1S/C14H21F3N2O2/c1-20-12-6-5-10(9-13(12)21-2)8-11(19-18)4-3-7-14(15,16)17/h5-6,9,11,19H,3-4,7-8,18H2,1-2H3. The van der Waals surface area contributed by atoms with Crippen LogP contribution in [0.3, 0.4) is 0 Å². The van der Waals surface area contributed by atoms with Crippen molar-refractivity contribution in [2.75, 3.05) is 14.2 Å². The second-order valence-corrected chi connectivity index (χ2v) is 4.76. The van der Waals surface area contributed by atoms with Crippen LogP contribution in [0.25, 0.3) is 0 Å². The first-order valence-electron chi connectivity index (χ1n) is 6.63. The summed E-state index contributed by atoms with van der Waals surface area (Å²) in [6, 6.07) is 5.19. The molecule has 1 rings (SSSR count). The molecular formula is C14H21F3N2O2. The summed E-state index contributed by atoms with van der Waals surface area (Å²) >= 11 is 0. The van der Waals surface area contributed by atoms with Gasteiger partial charge in [-0.1, -0.05) is 6.07 Å². The highest BCUT2D eigenvalue weighted by Crippen LogP contribution is 2.28. The fraction of sp³-hybridized carbons (Fsp3) is 0.571. The lowest BCUT2D eigenvalue weighted by atomic mass is 10.0. The van der Waals surface area contributed by atoms with Crippen LogP contribution >= 0.6 is 0 Å². The van der Waals surface area contributed by atoms with Crippen LogP contribution in [-0.4, -0.2) is 26.4 Å². The number of ether oxygens (including phenoxy) is 2. The molecule has 0 bridgehead atoms. The minimum Gasteiger partial charge on any atom is -0.493 e. The lowest BCUT2D eigenvalue weighted by Gasteiger charge is -2.17. The van der Waals surface area contributed by atoms with Gasteiger partial charge in [-0.3, -0.25) is 11.3 Å². The van der Waals surface area contributed by atoms with Gasteiger partial charge in [-0.15, -0.1) is 0 Å². The van der Waals surface area contributed by atoms with Crippen LogP contribution < -0.4 is 20.7 Å². The molecule has 0 fully saturated rings. The van der Waals surface area contributed by atoms with Crippen molar-refractivity contribution in [2.45, 2.75) is 37.9 Å². The van der Waals surface area contributed by atoms with Crippen molar-refractivity contribution in [1.82, 2.24) is 5.43 Å². The van der Waals surface area contributed by atoms with Crippen LogP contribution in [-0.2, 0) is 6.42 Å². The van der Waals surface area contributed by atoms with Gasteiger partial charge in [0.05, 0.1) is 14.2 Å². The van der Waals surface area contributed by atoms with E-state index in [0.29, 0.717) is 24.3 Å². The van der Waals surface area contributed by atoms with Crippen LogP contribution in [0.1, 0.15) is 24.8 Å². The molecule has 21 heavy (non-hydrogen) atoms. The van der Waals surface area contributed by atoms with Crippen molar-refractivity contribution in [3.63, 3.8) is 0 Å². The predicted molar refractivity (Wildman–Crippen MR) is 74.3 cm³/mol. The zero-order valence-electron chi connectivity index (χ0n) is 12.2. The van der Waals surface area contributed by atoms with Crippen LogP contribution in [0.15, 0.2) is 18.2 Å². The van der Waals surface area contributed by atoms with Gasteiger partial charge in [0.15, 0.2) is 11.5 Å². The zero-order chi connectivity index (χ0) is 15.9. The minimum atomic E-state index is -4.12. The molecule has 1 unspecified atom stereocenters. The maximum atomic E-state index is 12.1. The lowest BCUT2D eigenvalue weighted by Crippen LogP contribution is -2.36. The Balaban J connectivity index is 2.60. The van der Waals surface area contributed by atoms with Gasteiger partial charge < -0.3 is 9.47 Å². The number of nitrogens with two attached hydrogens (primary N) is 1.